The summed E-state index contributed by atoms with van der Waals surface area (Å²) in [5, 5.41) is 8.52. The molecule has 0 amide bonds. The topological polar surface area (TPSA) is 37.3 Å². The van der Waals surface area contributed by atoms with Crippen molar-refractivity contribution in [3.63, 3.8) is 0 Å². The maximum atomic E-state index is 13.0. The summed E-state index contributed by atoms with van der Waals surface area (Å²) >= 11 is 0. The van der Waals surface area contributed by atoms with E-state index in [4.69, 9.17) is 5.11 Å². The van der Waals surface area contributed by atoms with E-state index < -0.39 is 30.4 Å². The van der Waals surface area contributed by atoms with Crippen LogP contribution in [0.5, 0.6) is 0 Å². The average Bonchev–Trinajstić information content (AvgIpc) is 2.25. The molecule has 0 aliphatic rings. The molecule has 0 aliphatic heterocycles. The van der Waals surface area contributed by atoms with Gasteiger partial charge in [-0.3, -0.25) is 4.79 Å². The van der Waals surface area contributed by atoms with Gasteiger partial charge in [0.05, 0.1) is 5.41 Å². The molecule has 17 heavy (non-hydrogen) atoms. The SMILES string of the molecule is CC(CCC(=O)O)(c1ccccc1)C(F)(F)F. The first-order chi connectivity index (χ1) is 7.77. The molecule has 0 aliphatic carbocycles. The quantitative estimate of drug-likeness (QED) is 0.884. The molecule has 1 atom stereocenters. The third kappa shape index (κ3) is 2.99. The fraction of sp³-hybridized carbons (Fsp3) is 0.417. The Hall–Kier alpha value is -1.52. The fourth-order valence-electron chi connectivity index (χ4n) is 1.61. The monoisotopic (exact) mass is 246 g/mol. The van der Waals surface area contributed by atoms with Gasteiger partial charge in [-0.05, 0) is 18.9 Å². The van der Waals surface area contributed by atoms with Gasteiger partial charge in [0.1, 0.15) is 0 Å². The highest BCUT2D eigenvalue weighted by atomic mass is 19.4. The Bertz CT molecular complexity index is 386. The van der Waals surface area contributed by atoms with Crippen molar-refractivity contribution in [1.82, 2.24) is 0 Å². The highest BCUT2D eigenvalue weighted by Crippen LogP contribution is 2.44. The van der Waals surface area contributed by atoms with E-state index in [0.717, 1.165) is 6.92 Å². The van der Waals surface area contributed by atoms with E-state index in [1.807, 2.05) is 0 Å². The van der Waals surface area contributed by atoms with Gasteiger partial charge in [-0.25, -0.2) is 0 Å². The third-order valence-corrected chi connectivity index (χ3v) is 2.88. The van der Waals surface area contributed by atoms with Crippen LogP contribution in [0.15, 0.2) is 30.3 Å². The van der Waals surface area contributed by atoms with E-state index in [2.05, 4.69) is 0 Å². The van der Waals surface area contributed by atoms with E-state index in [0.29, 0.717) is 0 Å². The fourth-order valence-corrected chi connectivity index (χ4v) is 1.61. The molecule has 94 valence electrons. The highest BCUT2D eigenvalue weighted by molar-refractivity contribution is 5.66. The van der Waals surface area contributed by atoms with E-state index in [9.17, 15) is 18.0 Å². The van der Waals surface area contributed by atoms with Crippen molar-refractivity contribution in [2.45, 2.75) is 31.4 Å². The highest BCUT2D eigenvalue weighted by Gasteiger charge is 2.51. The Morgan fingerprint density at radius 3 is 2.18 bits per heavy atom. The zero-order chi connectivity index (χ0) is 13.1. The summed E-state index contributed by atoms with van der Waals surface area (Å²) in [5.41, 5.74) is -2.03. The Balaban J connectivity index is 3.07. The number of carboxylic acids is 1. The summed E-state index contributed by atoms with van der Waals surface area (Å²) in [6, 6.07) is 7.39. The lowest BCUT2D eigenvalue weighted by atomic mass is 9.78. The van der Waals surface area contributed by atoms with Crippen molar-refractivity contribution in [3.05, 3.63) is 35.9 Å². The molecule has 0 fully saturated rings. The molecule has 0 spiro atoms. The zero-order valence-corrected chi connectivity index (χ0v) is 9.29. The van der Waals surface area contributed by atoms with E-state index in [1.165, 1.54) is 24.3 Å². The predicted octanol–water partition coefficient (Wildman–Crippen LogP) is 3.37. The zero-order valence-electron chi connectivity index (χ0n) is 9.29. The number of alkyl halides is 3. The summed E-state index contributed by atoms with van der Waals surface area (Å²) in [5.74, 6) is -1.23. The molecule has 1 aromatic rings. The van der Waals surface area contributed by atoms with Crippen molar-refractivity contribution < 1.29 is 23.1 Å². The van der Waals surface area contributed by atoms with Crippen LogP contribution in [0, 0.1) is 0 Å². The molecule has 1 unspecified atom stereocenters. The number of rotatable bonds is 4. The van der Waals surface area contributed by atoms with Crippen LogP contribution in [0.3, 0.4) is 0 Å². The number of benzene rings is 1. The molecule has 0 aromatic heterocycles. The van der Waals surface area contributed by atoms with Crippen molar-refractivity contribution in [1.29, 1.82) is 0 Å². The lowest BCUT2D eigenvalue weighted by molar-refractivity contribution is -0.188. The first-order valence-electron chi connectivity index (χ1n) is 5.11. The van der Waals surface area contributed by atoms with Gasteiger partial charge in [-0.1, -0.05) is 30.3 Å². The van der Waals surface area contributed by atoms with Gasteiger partial charge >= 0.3 is 12.1 Å². The minimum atomic E-state index is -4.47. The molecule has 0 radical (unpaired) electrons. The maximum absolute atomic E-state index is 13.0. The molecule has 0 saturated heterocycles. The Kier molecular flexibility index (Phi) is 3.80. The smallest absolute Gasteiger partial charge is 0.398 e. The van der Waals surface area contributed by atoms with Crippen LogP contribution in [0.25, 0.3) is 0 Å². The van der Waals surface area contributed by atoms with Gasteiger partial charge in [0.2, 0.25) is 0 Å². The van der Waals surface area contributed by atoms with Crippen LogP contribution < -0.4 is 0 Å². The van der Waals surface area contributed by atoms with Gasteiger partial charge in [-0.2, -0.15) is 13.2 Å². The third-order valence-electron chi connectivity index (χ3n) is 2.88. The normalized spacial score (nSPS) is 15.3. The van der Waals surface area contributed by atoms with Gasteiger partial charge in [0.25, 0.3) is 0 Å². The summed E-state index contributed by atoms with van der Waals surface area (Å²) in [7, 11) is 0. The molecule has 1 N–H and O–H groups in total. The second-order valence-corrected chi connectivity index (χ2v) is 4.09. The molecule has 2 nitrogen and oxygen atoms in total. The van der Waals surface area contributed by atoms with Gasteiger partial charge in [-0.15, -0.1) is 0 Å². The summed E-state index contributed by atoms with van der Waals surface area (Å²) in [4.78, 5) is 10.4. The minimum absolute atomic E-state index is 0.0914. The number of carbonyl (C=O) groups is 1. The Labute approximate surface area is 97.1 Å². The maximum Gasteiger partial charge on any atom is 0.398 e. The largest absolute Gasteiger partial charge is 0.481 e. The molecular formula is C12H13F3O2. The minimum Gasteiger partial charge on any atom is -0.481 e. The van der Waals surface area contributed by atoms with Crippen molar-refractivity contribution in [2.24, 2.45) is 0 Å². The number of aliphatic carboxylic acids is 1. The number of carboxylic acid groups (broad SMARTS) is 1. The summed E-state index contributed by atoms with van der Waals surface area (Å²) < 4.78 is 39.1. The number of hydrogen-bond acceptors (Lipinski definition) is 1. The lowest BCUT2D eigenvalue weighted by Gasteiger charge is -2.32. The van der Waals surface area contributed by atoms with Gasteiger partial charge in [0, 0.05) is 6.42 Å². The van der Waals surface area contributed by atoms with Crippen LogP contribution >= 0.6 is 0 Å². The van der Waals surface area contributed by atoms with E-state index in [1.54, 1.807) is 6.07 Å². The molecule has 1 rings (SSSR count). The summed E-state index contributed by atoms with van der Waals surface area (Å²) in [6.45, 7) is 1.03. The molecule has 1 aromatic carbocycles. The van der Waals surface area contributed by atoms with E-state index in [-0.39, 0.29) is 5.56 Å². The second-order valence-electron chi connectivity index (χ2n) is 4.09. The van der Waals surface area contributed by atoms with Crippen LogP contribution in [0.2, 0.25) is 0 Å². The molecule has 5 heteroatoms. The molecular weight excluding hydrogens is 233 g/mol. The number of halogens is 3. The molecule has 0 heterocycles. The second kappa shape index (κ2) is 4.77. The van der Waals surface area contributed by atoms with Crippen molar-refractivity contribution in [3.8, 4) is 0 Å². The Morgan fingerprint density at radius 1 is 1.24 bits per heavy atom. The molecule has 0 saturated carbocycles. The summed E-state index contributed by atoms with van der Waals surface area (Å²) in [6.07, 6.45) is -5.44. The van der Waals surface area contributed by atoms with Crippen LogP contribution in [0.4, 0.5) is 13.2 Å². The first-order valence-corrected chi connectivity index (χ1v) is 5.11. The van der Waals surface area contributed by atoms with Gasteiger partial charge < -0.3 is 5.11 Å². The van der Waals surface area contributed by atoms with Crippen LogP contribution in [-0.2, 0) is 10.2 Å². The lowest BCUT2D eigenvalue weighted by Crippen LogP contribution is -2.39. The average molecular weight is 246 g/mol. The van der Waals surface area contributed by atoms with E-state index >= 15 is 0 Å². The molecule has 0 bridgehead atoms. The van der Waals surface area contributed by atoms with Crippen molar-refractivity contribution in [2.75, 3.05) is 0 Å². The predicted molar refractivity (Wildman–Crippen MR) is 56.7 cm³/mol. The van der Waals surface area contributed by atoms with Gasteiger partial charge in [0.15, 0.2) is 0 Å². The number of hydrogen-bond donors (Lipinski definition) is 1. The van der Waals surface area contributed by atoms with Crippen LogP contribution in [-0.4, -0.2) is 17.3 Å². The standard InChI is InChI=1S/C12H13F3O2/c1-11(12(13,14)15,8-7-10(16)17)9-5-3-2-4-6-9/h2-6H,7-8H2,1H3,(H,16,17). The van der Waals surface area contributed by atoms with Crippen LogP contribution in [0.1, 0.15) is 25.3 Å². The van der Waals surface area contributed by atoms with Crippen molar-refractivity contribution >= 4 is 5.97 Å². The Morgan fingerprint density at radius 2 is 1.76 bits per heavy atom. The first kappa shape index (κ1) is 13.5.